The lowest BCUT2D eigenvalue weighted by molar-refractivity contribution is -0.136. The minimum Gasteiger partial charge on any atom is -0.480 e. The third kappa shape index (κ3) is 4.53. The first-order chi connectivity index (χ1) is 7.63. The molecule has 0 aliphatic carbocycles. The van der Waals surface area contributed by atoms with Gasteiger partial charge in [0, 0.05) is 10.7 Å². The molecular formula is C11H14BrNO2S. The van der Waals surface area contributed by atoms with Gasteiger partial charge < -0.3 is 5.11 Å². The number of thioether (sulfide) groups is 1. The highest BCUT2D eigenvalue weighted by atomic mass is 79.9. The van der Waals surface area contributed by atoms with Crippen LogP contribution < -0.4 is 0 Å². The summed E-state index contributed by atoms with van der Waals surface area (Å²) in [4.78, 5) is 15.2. The van der Waals surface area contributed by atoms with E-state index in [2.05, 4.69) is 27.8 Å². The van der Waals surface area contributed by atoms with E-state index in [1.165, 1.54) is 11.8 Å². The zero-order valence-electron chi connectivity index (χ0n) is 9.02. The van der Waals surface area contributed by atoms with Crippen LogP contribution in [0, 0.1) is 0 Å². The molecule has 0 radical (unpaired) electrons. The van der Waals surface area contributed by atoms with E-state index in [0.717, 1.165) is 22.3 Å². The van der Waals surface area contributed by atoms with E-state index in [0.29, 0.717) is 6.42 Å². The molecule has 0 aliphatic rings. The Kier molecular flexibility index (Phi) is 5.84. The predicted molar refractivity (Wildman–Crippen MR) is 68.7 cm³/mol. The second kappa shape index (κ2) is 6.91. The monoisotopic (exact) mass is 303 g/mol. The number of aromatic nitrogens is 1. The largest absolute Gasteiger partial charge is 0.480 e. The standard InChI is InChI=1S/C11H14BrNO2S/c1-2-3-4-9(11(14)15)16-10-6-5-8(12)7-13-10/h5-7,9H,2-4H2,1H3,(H,14,15). The Bertz CT molecular complexity index is 342. The molecule has 16 heavy (non-hydrogen) atoms. The molecule has 1 aromatic rings. The minimum absolute atomic E-state index is 0.395. The van der Waals surface area contributed by atoms with Gasteiger partial charge >= 0.3 is 5.97 Å². The van der Waals surface area contributed by atoms with Gasteiger partial charge in [0.1, 0.15) is 5.25 Å². The van der Waals surface area contributed by atoms with Crippen molar-refractivity contribution in [2.45, 2.75) is 36.5 Å². The number of carboxylic acids is 1. The highest BCUT2D eigenvalue weighted by Gasteiger charge is 2.18. The summed E-state index contributed by atoms with van der Waals surface area (Å²) in [6, 6.07) is 3.70. The highest BCUT2D eigenvalue weighted by molar-refractivity contribution is 9.10. The first-order valence-electron chi connectivity index (χ1n) is 5.14. The molecule has 1 rings (SSSR count). The fraction of sp³-hybridized carbons (Fsp3) is 0.455. The molecule has 1 aromatic heterocycles. The number of carboxylic acid groups (broad SMARTS) is 1. The van der Waals surface area contributed by atoms with E-state index in [4.69, 9.17) is 5.11 Å². The second-order valence-corrected chi connectivity index (χ2v) is 5.54. The third-order valence-corrected chi connectivity index (χ3v) is 3.73. The lowest BCUT2D eigenvalue weighted by Gasteiger charge is -2.10. The molecule has 1 heterocycles. The van der Waals surface area contributed by atoms with Crippen molar-refractivity contribution in [1.82, 2.24) is 4.98 Å². The number of hydrogen-bond donors (Lipinski definition) is 1. The van der Waals surface area contributed by atoms with Crippen LogP contribution in [-0.2, 0) is 4.79 Å². The Balaban J connectivity index is 2.60. The van der Waals surface area contributed by atoms with Gasteiger partial charge in [-0.05, 0) is 34.5 Å². The molecule has 0 fully saturated rings. The van der Waals surface area contributed by atoms with Crippen molar-refractivity contribution in [2.75, 3.05) is 0 Å². The van der Waals surface area contributed by atoms with Crippen LogP contribution in [0.4, 0.5) is 0 Å². The summed E-state index contributed by atoms with van der Waals surface area (Å²) < 4.78 is 0.900. The van der Waals surface area contributed by atoms with Crippen molar-refractivity contribution in [3.05, 3.63) is 22.8 Å². The minimum atomic E-state index is -0.761. The van der Waals surface area contributed by atoms with E-state index in [-0.39, 0.29) is 0 Å². The normalized spacial score (nSPS) is 12.4. The topological polar surface area (TPSA) is 50.2 Å². The molecular weight excluding hydrogens is 290 g/mol. The average molecular weight is 304 g/mol. The molecule has 0 bridgehead atoms. The summed E-state index contributed by atoms with van der Waals surface area (Å²) in [5.41, 5.74) is 0. The SMILES string of the molecule is CCCCC(Sc1ccc(Br)cn1)C(=O)O. The number of pyridine rings is 1. The van der Waals surface area contributed by atoms with E-state index >= 15 is 0 Å². The molecule has 1 atom stereocenters. The van der Waals surface area contributed by atoms with Gasteiger partial charge in [-0.25, -0.2) is 4.98 Å². The van der Waals surface area contributed by atoms with Crippen LogP contribution in [0.1, 0.15) is 26.2 Å². The molecule has 0 saturated heterocycles. The summed E-state index contributed by atoms with van der Waals surface area (Å²) in [6.07, 6.45) is 4.31. The Morgan fingerprint density at radius 1 is 1.62 bits per heavy atom. The Morgan fingerprint density at radius 2 is 2.38 bits per heavy atom. The fourth-order valence-electron chi connectivity index (χ4n) is 1.20. The molecule has 0 saturated carbocycles. The summed E-state index contributed by atoms with van der Waals surface area (Å²) in [5, 5.41) is 9.42. The third-order valence-electron chi connectivity index (χ3n) is 2.06. The predicted octanol–water partition coefficient (Wildman–Crippen LogP) is 3.58. The summed E-state index contributed by atoms with van der Waals surface area (Å²) in [7, 11) is 0. The maximum absolute atomic E-state index is 11.0. The lowest BCUT2D eigenvalue weighted by Crippen LogP contribution is -2.16. The molecule has 1 N–H and O–H groups in total. The quantitative estimate of drug-likeness (QED) is 0.816. The van der Waals surface area contributed by atoms with Gasteiger partial charge in [0.2, 0.25) is 0 Å². The van der Waals surface area contributed by atoms with Crippen molar-refractivity contribution in [1.29, 1.82) is 0 Å². The van der Waals surface area contributed by atoms with Gasteiger partial charge in [-0.1, -0.05) is 31.5 Å². The van der Waals surface area contributed by atoms with E-state index in [1.54, 1.807) is 6.20 Å². The van der Waals surface area contributed by atoms with Crippen LogP contribution in [-0.4, -0.2) is 21.3 Å². The number of aliphatic carboxylic acids is 1. The van der Waals surface area contributed by atoms with Crippen LogP contribution in [0.3, 0.4) is 0 Å². The Morgan fingerprint density at radius 3 is 2.88 bits per heavy atom. The van der Waals surface area contributed by atoms with Gasteiger partial charge in [-0.3, -0.25) is 4.79 Å². The molecule has 3 nitrogen and oxygen atoms in total. The zero-order chi connectivity index (χ0) is 12.0. The van der Waals surface area contributed by atoms with E-state index < -0.39 is 11.2 Å². The summed E-state index contributed by atoms with van der Waals surface area (Å²) in [5.74, 6) is -0.761. The first-order valence-corrected chi connectivity index (χ1v) is 6.81. The average Bonchev–Trinajstić information content (AvgIpc) is 2.26. The lowest BCUT2D eigenvalue weighted by atomic mass is 10.2. The van der Waals surface area contributed by atoms with Gasteiger partial charge in [0.05, 0.1) is 5.03 Å². The van der Waals surface area contributed by atoms with Crippen LogP contribution in [0.2, 0.25) is 0 Å². The summed E-state index contributed by atoms with van der Waals surface area (Å²) in [6.45, 7) is 2.06. The number of hydrogen-bond acceptors (Lipinski definition) is 3. The number of halogens is 1. The maximum atomic E-state index is 11.0. The first kappa shape index (κ1) is 13.5. The number of unbranched alkanes of at least 4 members (excludes halogenated alkanes) is 1. The van der Waals surface area contributed by atoms with Crippen LogP contribution in [0.15, 0.2) is 27.8 Å². The molecule has 0 aliphatic heterocycles. The Hall–Kier alpha value is -0.550. The summed E-state index contributed by atoms with van der Waals surface area (Å²) >= 11 is 4.61. The van der Waals surface area contributed by atoms with Gasteiger partial charge in [0.15, 0.2) is 0 Å². The van der Waals surface area contributed by atoms with Crippen molar-refractivity contribution < 1.29 is 9.90 Å². The van der Waals surface area contributed by atoms with Crippen molar-refractivity contribution in [3.8, 4) is 0 Å². The smallest absolute Gasteiger partial charge is 0.317 e. The van der Waals surface area contributed by atoms with Crippen molar-refractivity contribution in [3.63, 3.8) is 0 Å². The van der Waals surface area contributed by atoms with Crippen molar-refractivity contribution >= 4 is 33.7 Å². The highest BCUT2D eigenvalue weighted by Crippen LogP contribution is 2.26. The van der Waals surface area contributed by atoms with Crippen LogP contribution >= 0.6 is 27.7 Å². The number of rotatable bonds is 6. The molecule has 0 amide bonds. The molecule has 0 aromatic carbocycles. The van der Waals surface area contributed by atoms with Crippen molar-refractivity contribution in [2.24, 2.45) is 0 Å². The van der Waals surface area contributed by atoms with Gasteiger partial charge in [0.25, 0.3) is 0 Å². The fourth-order valence-corrected chi connectivity index (χ4v) is 2.37. The zero-order valence-corrected chi connectivity index (χ0v) is 11.4. The van der Waals surface area contributed by atoms with Crippen LogP contribution in [0.5, 0.6) is 0 Å². The maximum Gasteiger partial charge on any atom is 0.317 e. The van der Waals surface area contributed by atoms with Crippen LogP contribution in [0.25, 0.3) is 0 Å². The van der Waals surface area contributed by atoms with Gasteiger partial charge in [-0.15, -0.1) is 0 Å². The molecule has 88 valence electrons. The Labute approximate surface area is 108 Å². The van der Waals surface area contributed by atoms with E-state index in [9.17, 15) is 4.79 Å². The molecule has 1 unspecified atom stereocenters. The molecule has 5 heteroatoms. The number of carbonyl (C=O) groups is 1. The van der Waals surface area contributed by atoms with E-state index in [1.807, 2.05) is 12.1 Å². The second-order valence-electron chi connectivity index (χ2n) is 3.40. The van der Waals surface area contributed by atoms with Gasteiger partial charge in [-0.2, -0.15) is 0 Å². The molecule has 0 spiro atoms. The number of nitrogens with zero attached hydrogens (tertiary/aromatic N) is 1.